The van der Waals surface area contributed by atoms with Gasteiger partial charge < -0.3 is 19.8 Å². The molecule has 3 amide bonds. The molecule has 1 aromatic carbocycles. The van der Waals surface area contributed by atoms with Gasteiger partial charge in [-0.05, 0) is 26.0 Å². The maximum Gasteiger partial charge on any atom is 0.320 e. The summed E-state index contributed by atoms with van der Waals surface area (Å²) in [6.45, 7) is 6.32. The molecular weight excluding hydrogens is 320 g/mol. The van der Waals surface area contributed by atoms with Crippen molar-refractivity contribution in [1.29, 1.82) is 0 Å². The minimum absolute atomic E-state index is 0.0752. The average Bonchev–Trinajstić information content (AvgIpc) is 2.59. The first-order chi connectivity index (χ1) is 11.4. The van der Waals surface area contributed by atoms with Crippen LogP contribution < -0.4 is 0 Å². The number of piperazine rings is 1. The summed E-state index contributed by atoms with van der Waals surface area (Å²) in [5, 5.41) is 9.09. The number of carbonyl (C=O) groups is 2. The zero-order valence-corrected chi connectivity index (χ0v) is 13.8. The molecule has 1 aromatic rings. The van der Waals surface area contributed by atoms with E-state index in [1.165, 1.54) is 4.90 Å². The number of urea groups is 1. The van der Waals surface area contributed by atoms with Crippen molar-refractivity contribution in [2.24, 2.45) is 0 Å². The van der Waals surface area contributed by atoms with Crippen LogP contribution in [0.25, 0.3) is 0 Å². The highest BCUT2D eigenvalue weighted by Crippen LogP contribution is 2.22. The molecular formula is C16H21F2N3O3. The van der Waals surface area contributed by atoms with Crippen LogP contribution in [0.1, 0.15) is 24.2 Å². The van der Waals surface area contributed by atoms with Crippen molar-refractivity contribution in [2.75, 3.05) is 39.3 Å². The van der Waals surface area contributed by atoms with Gasteiger partial charge in [0, 0.05) is 44.8 Å². The molecule has 1 heterocycles. The van der Waals surface area contributed by atoms with Crippen LogP contribution in [0.3, 0.4) is 0 Å². The SMILES string of the molecule is CCN(CC)C(=O)N1CCN(C(=O)c2cc(F)c(O)c(F)c2)CC1. The number of halogens is 2. The lowest BCUT2D eigenvalue weighted by Gasteiger charge is -2.37. The van der Waals surface area contributed by atoms with E-state index in [2.05, 4.69) is 0 Å². The molecule has 132 valence electrons. The molecule has 0 spiro atoms. The van der Waals surface area contributed by atoms with Gasteiger partial charge in [0.1, 0.15) is 0 Å². The number of hydrogen-bond donors (Lipinski definition) is 1. The largest absolute Gasteiger partial charge is 0.503 e. The molecule has 0 atom stereocenters. The number of carbonyl (C=O) groups excluding carboxylic acids is 2. The molecule has 0 saturated carbocycles. The van der Waals surface area contributed by atoms with Gasteiger partial charge in [0.05, 0.1) is 0 Å². The predicted molar refractivity (Wildman–Crippen MR) is 83.8 cm³/mol. The Bertz CT molecular complexity index is 604. The molecule has 1 aliphatic rings. The Morgan fingerprint density at radius 2 is 1.50 bits per heavy atom. The first-order valence-corrected chi connectivity index (χ1v) is 7.90. The Morgan fingerprint density at radius 1 is 1.04 bits per heavy atom. The van der Waals surface area contributed by atoms with Crippen molar-refractivity contribution >= 4 is 11.9 Å². The summed E-state index contributed by atoms with van der Waals surface area (Å²) in [4.78, 5) is 29.4. The van der Waals surface area contributed by atoms with E-state index in [1.54, 1.807) is 9.80 Å². The molecule has 0 radical (unpaired) electrons. The number of hydrogen-bond acceptors (Lipinski definition) is 3. The third-order valence-corrected chi connectivity index (χ3v) is 4.14. The van der Waals surface area contributed by atoms with Crippen molar-refractivity contribution < 1.29 is 23.5 Å². The summed E-state index contributed by atoms with van der Waals surface area (Å²) in [7, 11) is 0. The van der Waals surface area contributed by atoms with Gasteiger partial charge in [-0.15, -0.1) is 0 Å². The zero-order valence-electron chi connectivity index (χ0n) is 13.8. The van der Waals surface area contributed by atoms with Crippen LogP contribution in [0.4, 0.5) is 13.6 Å². The number of phenolic OH excluding ortho intramolecular Hbond substituents is 1. The van der Waals surface area contributed by atoms with E-state index in [0.29, 0.717) is 26.2 Å². The highest BCUT2D eigenvalue weighted by molar-refractivity contribution is 5.94. The van der Waals surface area contributed by atoms with Gasteiger partial charge in [0.2, 0.25) is 0 Å². The lowest BCUT2D eigenvalue weighted by atomic mass is 10.1. The van der Waals surface area contributed by atoms with Gasteiger partial charge in [0.25, 0.3) is 5.91 Å². The van der Waals surface area contributed by atoms with Crippen LogP contribution >= 0.6 is 0 Å². The van der Waals surface area contributed by atoms with E-state index in [9.17, 15) is 18.4 Å². The molecule has 0 bridgehead atoms. The minimum atomic E-state index is -1.17. The molecule has 1 fully saturated rings. The first-order valence-electron chi connectivity index (χ1n) is 7.90. The monoisotopic (exact) mass is 341 g/mol. The molecule has 2 rings (SSSR count). The van der Waals surface area contributed by atoms with Crippen LogP contribution in [0, 0.1) is 11.6 Å². The minimum Gasteiger partial charge on any atom is -0.503 e. The maximum absolute atomic E-state index is 13.4. The van der Waals surface area contributed by atoms with Crippen LogP contribution in [0.15, 0.2) is 12.1 Å². The first kappa shape index (κ1) is 18.0. The standard InChI is InChI=1S/C16H21F2N3O3/c1-3-19(4-2)16(24)21-7-5-20(6-8-21)15(23)11-9-12(17)14(22)13(18)10-11/h9-10,22H,3-8H2,1-2H3. The fraction of sp³-hybridized carbons (Fsp3) is 0.500. The van der Waals surface area contributed by atoms with Gasteiger partial charge in [-0.3, -0.25) is 4.79 Å². The van der Waals surface area contributed by atoms with Crippen molar-refractivity contribution in [2.45, 2.75) is 13.8 Å². The topological polar surface area (TPSA) is 64.1 Å². The third kappa shape index (κ3) is 3.58. The highest BCUT2D eigenvalue weighted by Gasteiger charge is 2.27. The Labute approximate surface area is 139 Å². The highest BCUT2D eigenvalue weighted by atomic mass is 19.1. The van der Waals surface area contributed by atoms with Gasteiger partial charge in [-0.1, -0.05) is 0 Å². The van der Waals surface area contributed by atoms with E-state index in [-0.39, 0.29) is 24.7 Å². The smallest absolute Gasteiger partial charge is 0.320 e. The van der Waals surface area contributed by atoms with Crippen molar-refractivity contribution in [1.82, 2.24) is 14.7 Å². The summed E-state index contributed by atoms with van der Waals surface area (Å²) >= 11 is 0. The Hall–Kier alpha value is -2.38. The number of nitrogens with zero attached hydrogens (tertiary/aromatic N) is 3. The second-order valence-electron chi connectivity index (χ2n) is 5.52. The predicted octanol–water partition coefficient (Wildman–Crippen LogP) is 1.89. The third-order valence-electron chi connectivity index (χ3n) is 4.14. The molecule has 24 heavy (non-hydrogen) atoms. The van der Waals surface area contributed by atoms with E-state index in [4.69, 9.17) is 5.11 Å². The Kier molecular flexibility index (Phi) is 5.58. The van der Waals surface area contributed by atoms with Crippen LogP contribution in [0.5, 0.6) is 5.75 Å². The maximum atomic E-state index is 13.4. The summed E-state index contributed by atoms with van der Waals surface area (Å²) in [6.07, 6.45) is 0. The summed E-state index contributed by atoms with van der Waals surface area (Å²) in [5.74, 6) is -3.97. The van der Waals surface area contributed by atoms with E-state index in [0.717, 1.165) is 12.1 Å². The Balaban J connectivity index is 2.02. The normalized spacial score (nSPS) is 14.7. The number of phenols is 1. The quantitative estimate of drug-likeness (QED) is 0.913. The van der Waals surface area contributed by atoms with E-state index in [1.807, 2.05) is 13.8 Å². The van der Waals surface area contributed by atoms with Gasteiger partial charge in [-0.25, -0.2) is 13.6 Å². The molecule has 0 unspecified atom stereocenters. The van der Waals surface area contributed by atoms with E-state index < -0.39 is 23.3 Å². The molecule has 0 aliphatic carbocycles. The van der Waals surface area contributed by atoms with E-state index >= 15 is 0 Å². The summed E-state index contributed by atoms with van der Waals surface area (Å²) in [6, 6.07) is 1.55. The second-order valence-corrected chi connectivity index (χ2v) is 5.52. The van der Waals surface area contributed by atoms with Crippen molar-refractivity contribution in [3.63, 3.8) is 0 Å². The number of aromatic hydroxyl groups is 1. The fourth-order valence-electron chi connectivity index (χ4n) is 2.67. The second kappa shape index (κ2) is 7.46. The van der Waals surface area contributed by atoms with Gasteiger partial charge in [0.15, 0.2) is 17.4 Å². The molecule has 1 aliphatic heterocycles. The molecule has 6 nitrogen and oxygen atoms in total. The molecule has 8 heteroatoms. The molecule has 0 aromatic heterocycles. The Morgan fingerprint density at radius 3 is 1.96 bits per heavy atom. The lowest BCUT2D eigenvalue weighted by molar-refractivity contribution is 0.0640. The van der Waals surface area contributed by atoms with Crippen LogP contribution in [0.2, 0.25) is 0 Å². The fourth-order valence-corrected chi connectivity index (χ4v) is 2.67. The number of rotatable bonds is 3. The van der Waals surface area contributed by atoms with Crippen LogP contribution in [-0.2, 0) is 0 Å². The number of amides is 3. The van der Waals surface area contributed by atoms with Crippen molar-refractivity contribution in [3.05, 3.63) is 29.3 Å². The molecule has 1 saturated heterocycles. The zero-order chi connectivity index (χ0) is 17.9. The van der Waals surface area contributed by atoms with Gasteiger partial charge in [-0.2, -0.15) is 0 Å². The summed E-state index contributed by atoms with van der Waals surface area (Å²) < 4.78 is 26.8. The summed E-state index contributed by atoms with van der Waals surface area (Å²) in [5.41, 5.74) is -0.161. The molecule has 1 N–H and O–H groups in total. The number of benzene rings is 1. The van der Waals surface area contributed by atoms with Crippen molar-refractivity contribution in [3.8, 4) is 5.75 Å². The average molecular weight is 341 g/mol. The van der Waals surface area contributed by atoms with Crippen LogP contribution in [-0.4, -0.2) is 71.0 Å². The lowest BCUT2D eigenvalue weighted by Crippen LogP contribution is -2.54. The van der Waals surface area contributed by atoms with Gasteiger partial charge >= 0.3 is 6.03 Å².